The molecule has 39 heavy (non-hydrogen) atoms. The number of fused-ring (bicyclic) bond motifs is 3. The van der Waals surface area contributed by atoms with Gasteiger partial charge in [-0.15, -0.1) is 11.3 Å². The number of hydrogen-bond acceptors (Lipinski definition) is 7. The van der Waals surface area contributed by atoms with Crippen molar-refractivity contribution in [1.29, 1.82) is 0 Å². The summed E-state index contributed by atoms with van der Waals surface area (Å²) in [6.45, 7) is 3.52. The second kappa shape index (κ2) is 9.29. The molecule has 2 aromatic carbocycles. The minimum atomic E-state index is -2.10. The number of amides is 3. The Morgan fingerprint density at radius 1 is 1.00 bits per heavy atom. The van der Waals surface area contributed by atoms with E-state index in [0.29, 0.717) is 22.3 Å². The summed E-state index contributed by atoms with van der Waals surface area (Å²) >= 11 is 8.09. The number of ketones is 2. The minimum absolute atomic E-state index is 0.178. The highest BCUT2D eigenvalue weighted by molar-refractivity contribution is 9.13. The number of aryl methyl sites for hydroxylation is 1. The van der Waals surface area contributed by atoms with Crippen LogP contribution in [0.15, 0.2) is 57.5 Å². The van der Waals surface area contributed by atoms with Crippen LogP contribution in [0.3, 0.4) is 0 Å². The quantitative estimate of drug-likeness (QED) is 0.312. The molecular formula is C28H20Br2N2O6S. The third-order valence-corrected chi connectivity index (χ3v) is 10.3. The fraction of sp³-hybridized carbons (Fsp3) is 0.250. The zero-order chi connectivity index (χ0) is 27.8. The van der Waals surface area contributed by atoms with Crippen molar-refractivity contribution in [2.45, 2.75) is 32.1 Å². The molecule has 4 atom stereocenters. The van der Waals surface area contributed by atoms with Gasteiger partial charge in [-0.3, -0.25) is 24.0 Å². The van der Waals surface area contributed by atoms with Gasteiger partial charge in [-0.1, -0.05) is 18.2 Å². The standard InChI is InChI=1S/C28H20Br2N2O6S/c1-12-9-17-23(39-12)25(35)28(24(17)34)21-20(22(38-28)15-5-8-18(29)19(30)10-15)26(36)32(27(21)37)16-6-3-14(4-7-16)11-31-13(2)33/h3-10,20-22H,11H2,1-2H3,(H,31,33)/t20-,21-,22-,28+/m0/s1. The number of rotatable bonds is 4. The van der Waals surface area contributed by atoms with Gasteiger partial charge in [0, 0.05) is 32.9 Å². The normalized spacial score (nSPS) is 25.5. The Morgan fingerprint density at radius 2 is 1.72 bits per heavy atom. The second-order valence-corrected chi connectivity index (χ2v) is 12.8. The van der Waals surface area contributed by atoms with Crippen molar-refractivity contribution in [3.05, 3.63) is 83.9 Å². The van der Waals surface area contributed by atoms with E-state index in [0.717, 1.165) is 19.8 Å². The molecule has 11 heteroatoms. The molecule has 0 unspecified atom stereocenters. The van der Waals surface area contributed by atoms with E-state index in [-0.39, 0.29) is 16.3 Å². The Bertz CT molecular complexity index is 1580. The number of anilines is 1. The number of imide groups is 1. The number of benzene rings is 2. The number of nitrogens with zero attached hydrogens (tertiary/aromatic N) is 1. The summed E-state index contributed by atoms with van der Waals surface area (Å²) in [7, 11) is 0. The van der Waals surface area contributed by atoms with Crippen molar-refractivity contribution < 1.29 is 28.7 Å². The number of carbonyl (C=O) groups is 5. The van der Waals surface area contributed by atoms with Crippen LogP contribution in [0.1, 0.15) is 49.1 Å². The van der Waals surface area contributed by atoms with E-state index >= 15 is 0 Å². The van der Waals surface area contributed by atoms with Crippen molar-refractivity contribution in [3.63, 3.8) is 0 Å². The smallest absolute Gasteiger partial charge is 0.241 e. The van der Waals surface area contributed by atoms with Gasteiger partial charge in [-0.25, -0.2) is 4.90 Å². The zero-order valence-corrected chi connectivity index (χ0v) is 24.6. The van der Waals surface area contributed by atoms with Gasteiger partial charge in [-0.2, -0.15) is 0 Å². The minimum Gasteiger partial charge on any atom is -0.352 e. The van der Waals surface area contributed by atoms with E-state index in [1.54, 1.807) is 55.5 Å². The van der Waals surface area contributed by atoms with E-state index in [9.17, 15) is 24.0 Å². The highest BCUT2D eigenvalue weighted by atomic mass is 79.9. The Kier molecular flexibility index (Phi) is 6.25. The lowest BCUT2D eigenvalue weighted by molar-refractivity contribution is -0.127. The maximum Gasteiger partial charge on any atom is 0.241 e. The molecule has 3 aromatic rings. The Morgan fingerprint density at radius 3 is 2.36 bits per heavy atom. The summed E-state index contributed by atoms with van der Waals surface area (Å²) in [5.74, 6) is -4.89. The molecule has 8 nitrogen and oxygen atoms in total. The first-order valence-corrected chi connectivity index (χ1v) is 14.5. The SMILES string of the molecule is CC(=O)NCc1ccc(N2C(=O)[C@H]3[C@@H](C2=O)[C@@]2(O[C@H]3c3ccc(Br)c(Br)c3)C(=O)c3cc(C)sc3C2=O)cc1. The van der Waals surface area contributed by atoms with E-state index in [1.807, 2.05) is 0 Å². The summed E-state index contributed by atoms with van der Waals surface area (Å²) < 4.78 is 7.80. The molecule has 3 amide bonds. The monoisotopic (exact) mass is 670 g/mol. The predicted molar refractivity (Wildman–Crippen MR) is 150 cm³/mol. The van der Waals surface area contributed by atoms with Crippen LogP contribution in [0, 0.1) is 18.8 Å². The lowest BCUT2D eigenvalue weighted by Crippen LogP contribution is -2.51. The number of thiophene rings is 1. The van der Waals surface area contributed by atoms with E-state index in [2.05, 4.69) is 37.2 Å². The van der Waals surface area contributed by atoms with Crippen LogP contribution in [0.2, 0.25) is 0 Å². The number of hydrogen-bond donors (Lipinski definition) is 1. The summed E-state index contributed by atoms with van der Waals surface area (Å²) in [5, 5.41) is 2.70. The molecule has 1 aliphatic carbocycles. The van der Waals surface area contributed by atoms with Crippen molar-refractivity contribution in [2.24, 2.45) is 11.8 Å². The number of halogens is 2. The first kappa shape index (κ1) is 26.2. The van der Waals surface area contributed by atoms with E-state index in [1.165, 1.54) is 18.3 Å². The van der Waals surface area contributed by atoms with Crippen molar-refractivity contribution >= 4 is 78.2 Å². The number of Topliss-reactive ketones (excluding diaryl/α,β-unsaturated/α-hetero) is 2. The molecule has 2 fully saturated rings. The van der Waals surface area contributed by atoms with Crippen LogP contribution in [0.5, 0.6) is 0 Å². The van der Waals surface area contributed by atoms with Crippen LogP contribution in [-0.4, -0.2) is 34.9 Å². The molecule has 6 rings (SSSR count). The van der Waals surface area contributed by atoms with Crippen molar-refractivity contribution in [1.82, 2.24) is 5.32 Å². The molecule has 0 bridgehead atoms. The number of carbonyl (C=O) groups excluding carboxylic acids is 5. The Hall–Kier alpha value is -2.99. The topological polar surface area (TPSA) is 110 Å². The maximum atomic E-state index is 14.0. The zero-order valence-electron chi connectivity index (χ0n) is 20.6. The van der Waals surface area contributed by atoms with Gasteiger partial charge >= 0.3 is 0 Å². The largest absolute Gasteiger partial charge is 0.352 e. The number of ether oxygens (including phenoxy) is 1. The van der Waals surface area contributed by atoms with Gasteiger partial charge in [-0.05, 0) is 80.2 Å². The van der Waals surface area contributed by atoms with E-state index < -0.39 is 46.9 Å². The van der Waals surface area contributed by atoms with Gasteiger partial charge in [0.25, 0.3) is 0 Å². The third-order valence-electron chi connectivity index (χ3n) is 7.42. The second-order valence-electron chi connectivity index (χ2n) is 9.80. The average Bonchev–Trinajstić information content (AvgIpc) is 3.59. The van der Waals surface area contributed by atoms with Crippen LogP contribution < -0.4 is 10.2 Å². The summed E-state index contributed by atoms with van der Waals surface area (Å²) in [6.07, 6.45) is -0.997. The molecule has 1 N–H and O–H groups in total. The van der Waals surface area contributed by atoms with Gasteiger partial charge in [0.2, 0.25) is 34.9 Å². The molecule has 3 heterocycles. The van der Waals surface area contributed by atoms with Crippen LogP contribution in [0.4, 0.5) is 5.69 Å². The molecular weight excluding hydrogens is 652 g/mol. The van der Waals surface area contributed by atoms with Crippen molar-refractivity contribution in [3.8, 4) is 0 Å². The first-order chi connectivity index (χ1) is 18.5. The Balaban J connectivity index is 1.45. The third kappa shape index (κ3) is 3.81. The summed E-state index contributed by atoms with van der Waals surface area (Å²) in [4.78, 5) is 69.2. The highest BCUT2D eigenvalue weighted by Gasteiger charge is 2.75. The molecule has 1 spiro atoms. The van der Waals surface area contributed by atoms with Gasteiger partial charge in [0.1, 0.15) is 0 Å². The maximum absolute atomic E-state index is 14.0. The highest BCUT2D eigenvalue weighted by Crippen LogP contribution is 2.58. The van der Waals surface area contributed by atoms with Crippen LogP contribution in [0.25, 0.3) is 0 Å². The molecule has 3 aliphatic rings. The van der Waals surface area contributed by atoms with Gasteiger partial charge < -0.3 is 10.1 Å². The fourth-order valence-electron chi connectivity index (χ4n) is 5.69. The van der Waals surface area contributed by atoms with Gasteiger partial charge in [0.05, 0.1) is 28.5 Å². The molecule has 2 saturated heterocycles. The molecule has 1 aromatic heterocycles. The van der Waals surface area contributed by atoms with Gasteiger partial charge in [0.15, 0.2) is 0 Å². The molecule has 0 saturated carbocycles. The lowest BCUT2D eigenvalue weighted by atomic mass is 9.77. The molecule has 0 radical (unpaired) electrons. The fourth-order valence-corrected chi connectivity index (χ4v) is 7.34. The molecule has 198 valence electrons. The van der Waals surface area contributed by atoms with E-state index in [4.69, 9.17) is 4.74 Å². The van der Waals surface area contributed by atoms with Crippen molar-refractivity contribution in [2.75, 3.05) is 4.90 Å². The predicted octanol–water partition coefficient (Wildman–Crippen LogP) is 4.91. The Labute approximate surface area is 244 Å². The first-order valence-electron chi connectivity index (χ1n) is 12.1. The number of nitrogens with one attached hydrogen (secondary N) is 1. The van der Waals surface area contributed by atoms with Crippen LogP contribution in [-0.2, 0) is 25.7 Å². The molecule has 2 aliphatic heterocycles. The summed E-state index contributed by atoms with van der Waals surface area (Å²) in [6, 6.07) is 13.6. The average molecular weight is 672 g/mol. The summed E-state index contributed by atoms with van der Waals surface area (Å²) in [5.41, 5.74) is -0.194. The van der Waals surface area contributed by atoms with Crippen LogP contribution >= 0.6 is 43.2 Å². The lowest BCUT2D eigenvalue weighted by Gasteiger charge is -2.27.